The molecule has 1 unspecified atom stereocenters. The maximum absolute atomic E-state index is 11.2. The maximum atomic E-state index is 11.2. The molecule has 3 nitrogen and oxygen atoms in total. The van der Waals surface area contributed by atoms with E-state index in [0.29, 0.717) is 15.8 Å². The predicted octanol–water partition coefficient (Wildman–Crippen LogP) is 2.80. The van der Waals surface area contributed by atoms with Crippen molar-refractivity contribution in [1.82, 2.24) is 0 Å². The van der Waals surface area contributed by atoms with Crippen molar-refractivity contribution >= 4 is 29.3 Å². The van der Waals surface area contributed by atoms with E-state index in [9.17, 15) is 9.90 Å². The molecule has 1 N–H and O–H groups in total. The van der Waals surface area contributed by atoms with Crippen molar-refractivity contribution in [3.8, 4) is 0 Å². The second kappa shape index (κ2) is 5.29. The number of aliphatic hydroxyl groups is 1. The van der Waals surface area contributed by atoms with Crippen LogP contribution < -0.4 is 0 Å². The van der Waals surface area contributed by atoms with Gasteiger partial charge in [-0.2, -0.15) is 0 Å². The molecule has 17 heavy (non-hydrogen) atoms. The molecule has 0 heterocycles. The number of hydrogen-bond acceptors (Lipinski definition) is 4. The van der Waals surface area contributed by atoms with E-state index in [-0.39, 0.29) is 0 Å². The zero-order valence-corrected chi connectivity index (χ0v) is 10.9. The summed E-state index contributed by atoms with van der Waals surface area (Å²) in [6.07, 6.45) is 1.19. The van der Waals surface area contributed by atoms with Gasteiger partial charge in [-0.1, -0.05) is 17.7 Å². The lowest BCUT2D eigenvalue weighted by Crippen LogP contribution is -2.13. The molecule has 5 heteroatoms. The molecule has 0 bridgehead atoms. The maximum Gasteiger partial charge on any atom is 0.339 e. The third kappa shape index (κ3) is 3.15. The molecule has 1 aromatic rings. The number of benzene rings is 1. The Morgan fingerprint density at radius 3 is 2.82 bits per heavy atom. The van der Waals surface area contributed by atoms with Crippen LogP contribution in [-0.4, -0.2) is 23.4 Å². The van der Waals surface area contributed by atoms with Crippen molar-refractivity contribution in [2.45, 2.75) is 29.1 Å². The fraction of sp³-hybridized carbons (Fsp3) is 0.417. The Bertz CT molecular complexity index is 432. The van der Waals surface area contributed by atoms with Gasteiger partial charge in [0.25, 0.3) is 0 Å². The van der Waals surface area contributed by atoms with Gasteiger partial charge in [-0.15, -0.1) is 11.8 Å². The summed E-state index contributed by atoms with van der Waals surface area (Å²) >= 11 is 7.85. The first-order chi connectivity index (χ1) is 8.11. The van der Waals surface area contributed by atoms with Gasteiger partial charge in [0.1, 0.15) is 0 Å². The quantitative estimate of drug-likeness (QED) is 0.856. The van der Waals surface area contributed by atoms with Gasteiger partial charge in [0.2, 0.25) is 0 Å². The Kier molecular flexibility index (Phi) is 3.97. The van der Waals surface area contributed by atoms with Gasteiger partial charge in [0.15, 0.2) is 6.10 Å². The van der Waals surface area contributed by atoms with Gasteiger partial charge in [-0.25, -0.2) is 4.79 Å². The summed E-state index contributed by atoms with van der Waals surface area (Å²) in [7, 11) is 1.24. The van der Waals surface area contributed by atoms with Crippen LogP contribution in [0.15, 0.2) is 23.1 Å². The number of hydrogen-bond donors (Lipinski definition) is 1. The van der Waals surface area contributed by atoms with Gasteiger partial charge in [-0.3, -0.25) is 0 Å². The number of halogens is 1. The molecule has 0 spiro atoms. The van der Waals surface area contributed by atoms with Gasteiger partial charge in [-0.05, 0) is 30.5 Å². The molecule has 0 radical (unpaired) electrons. The minimum Gasteiger partial charge on any atom is -0.467 e. The van der Waals surface area contributed by atoms with Crippen LogP contribution in [0.2, 0.25) is 5.02 Å². The Hall–Kier alpha value is -0.710. The molecule has 0 saturated heterocycles. The average Bonchev–Trinajstić information content (AvgIpc) is 3.13. The zero-order chi connectivity index (χ0) is 12.4. The highest BCUT2D eigenvalue weighted by Gasteiger charge is 2.24. The van der Waals surface area contributed by atoms with Crippen molar-refractivity contribution in [3.63, 3.8) is 0 Å². The van der Waals surface area contributed by atoms with Gasteiger partial charge < -0.3 is 9.84 Å². The summed E-state index contributed by atoms with van der Waals surface area (Å²) in [5.74, 6) is -0.677. The van der Waals surface area contributed by atoms with Crippen LogP contribution in [0.4, 0.5) is 0 Å². The fourth-order valence-corrected chi connectivity index (χ4v) is 2.77. The van der Waals surface area contributed by atoms with Crippen LogP contribution >= 0.6 is 23.4 Å². The van der Waals surface area contributed by atoms with Crippen LogP contribution in [0.5, 0.6) is 0 Å². The normalized spacial score (nSPS) is 16.6. The van der Waals surface area contributed by atoms with E-state index in [0.717, 1.165) is 4.90 Å². The first kappa shape index (κ1) is 12.7. The number of aliphatic hydroxyl groups excluding tert-OH is 1. The highest BCUT2D eigenvalue weighted by atomic mass is 35.5. The summed E-state index contributed by atoms with van der Waals surface area (Å²) in [4.78, 5) is 12.2. The van der Waals surface area contributed by atoms with E-state index < -0.39 is 12.1 Å². The average molecular weight is 273 g/mol. The van der Waals surface area contributed by atoms with E-state index in [4.69, 9.17) is 11.6 Å². The number of thioether (sulfide) groups is 1. The van der Waals surface area contributed by atoms with E-state index in [1.807, 2.05) is 6.07 Å². The standard InChI is InChI=1S/C12H13ClO3S/c1-16-12(15)11(14)7-2-5-10(9(13)6-7)17-8-3-4-8/h2,5-6,8,11,14H,3-4H2,1H3. The first-order valence-corrected chi connectivity index (χ1v) is 6.59. The fourth-order valence-electron chi connectivity index (χ4n) is 1.40. The van der Waals surface area contributed by atoms with Crippen LogP contribution in [0.3, 0.4) is 0 Å². The molecule has 1 fully saturated rings. The summed E-state index contributed by atoms with van der Waals surface area (Å²) in [6.45, 7) is 0. The lowest BCUT2D eigenvalue weighted by atomic mass is 10.1. The van der Waals surface area contributed by atoms with Crippen LogP contribution in [0, 0.1) is 0 Å². The first-order valence-electron chi connectivity index (χ1n) is 5.34. The predicted molar refractivity (Wildman–Crippen MR) is 67.3 cm³/mol. The van der Waals surface area contributed by atoms with Crippen LogP contribution in [-0.2, 0) is 9.53 Å². The van der Waals surface area contributed by atoms with E-state index in [2.05, 4.69) is 4.74 Å². The molecule has 1 aliphatic rings. The van der Waals surface area contributed by atoms with E-state index >= 15 is 0 Å². The van der Waals surface area contributed by atoms with Gasteiger partial charge in [0, 0.05) is 10.1 Å². The highest BCUT2D eigenvalue weighted by Crippen LogP contribution is 2.42. The molecule has 0 aromatic heterocycles. The Labute approximate surface area is 109 Å². The molecule has 1 aliphatic carbocycles. The molecule has 1 aromatic carbocycles. The minimum absolute atomic E-state index is 0.460. The second-order valence-corrected chi connectivity index (χ2v) is 5.68. The third-order valence-corrected chi connectivity index (χ3v) is 4.35. The number of methoxy groups -OCH3 is 1. The number of ether oxygens (including phenoxy) is 1. The largest absolute Gasteiger partial charge is 0.467 e. The molecule has 92 valence electrons. The summed E-state index contributed by atoms with van der Waals surface area (Å²) in [6, 6.07) is 5.17. The van der Waals surface area contributed by atoms with Crippen LogP contribution in [0.1, 0.15) is 24.5 Å². The zero-order valence-electron chi connectivity index (χ0n) is 9.35. The van der Waals surface area contributed by atoms with Crippen molar-refractivity contribution in [2.75, 3.05) is 7.11 Å². The van der Waals surface area contributed by atoms with Crippen molar-refractivity contribution in [1.29, 1.82) is 0 Å². The molecular weight excluding hydrogens is 260 g/mol. The smallest absolute Gasteiger partial charge is 0.339 e. The third-order valence-electron chi connectivity index (χ3n) is 2.51. The Balaban J connectivity index is 2.14. The number of esters is 1. The van der Waals surface area contributed by atoms with Gasteiger partial charge >= 0.3 is 5.97 Å². The lowest BCUT2D eigenvalue weighted by molar-refractivity contribution is -0.150. The monoisotopic (exact) mass is 272 g/mol. The summed E-state index contributed by atoms with van der Waals surface area (Å²) < 4.78 is 4.47. The van der Waals surface area contributed by atoms with E-state index in [1.165, 1.54) is 20.0 Å². The molecule has 2 rings (SSSR count). The molecular formula is C12H13ClO3S. The van der Waals surface area contributed by atoms with Crippen molar-refractivity contribution in [3.05, 3.63) is 28.8 Å². The number of carbonyl (C=O) groups excluding carboxylic acids is 1. The molecule has 0 amide bonds. The second-order valence-electron chi connectivity index (χ2n) is 3.93. The minimum atomic E-state index is -1.27. The Morgan fingerprint density at radius 1 is 1.59 bits per heavy atom. The van der Waals surface area contributed by atoms with Crippen molar-refractivity contribution in [2.24, 2.45) is 0 Å². The van der Waals surface area contributed by atoms with E-state index in [1.54, 1.807) is 23.9 Å². The molecule has 1 saturated carbocycles. The summed E-state index contributed by atoms with van der Waals surface area (Å²) in [5.41, 5.74) is 0.460. The highest BCUT2D eigenvalue weighted by molar-refractivity contribution is 8.00. The number of rotatable bonds is 4. The SMILES string of the molecule is COC(=O)C(O)c1ccc(SC2CC2)c(Cl)c1. The summed E-state index contributed by atoms with van der Waals surface area (Å²) in [5, 5.41) is 10.9. The van der Waals surface area contributed by atoms with Crippen LogP contribution in [0.25, 0.3) is 0 Å². The molecule has 0 aliphatic heterocycles. The Morgan fingerprint density at radius 2 is 2.29 bits per heavy atom. The van der Waals surface area contributed by atoms with Crippen molar-refractivity contribution < 1.29 is 14.6 Å². The number of carbonyl (C=O) groups is 1. The molecule has 1 atom stereocenters. The lowest BCUT2D eigenvalue weighted by Gasteiger charge is -2.10. The van der Waals surface area contributed by atoms with Gasteiger partial charge in [0.05, 0.1) is 12.1 Å². The topological polar surface area (TPSA) is 46.5 Å².